The van der Waals surface area contributed by atoms with Gasteiger partial charge in [0, 0.05) is 39.0 Å². The Labute approximate surface area is 241 Å². The molecule has 8 aromatic rings. The third-order valence-electron chi connectivity index (χ3n) is 7.52. The van der Waals surface area contributed by atoms with Crippen molar-refractivity contribution in [3.63, 3.8) is 0 Å². The van der Waals surface area contributed by atoms with Crippen molar-refractivity contribution in [3.8, 4) is 21.7 Å². The van der Waals surface area contributed by atoms with Gasteiger partial charge in [-0.1, -0.05) is 78.9 Å². The van der Waals surface area contributed by atoms with Crippen LogP contribution in [0.3, 0.4) is 0 Å². The summed E-state index contributed by atoms with van der Waals surface area (Å²) in [5.74, 6) is 0. The minimum atomic E-state index is 0.913. The van der Waals surface area contributed by atoms with E-state index in [2.05, 4.69) is 132 Å². The number of furan rings is 1. The lowest BCUT2D eigenvalue weighted by atomic mass is 10.0. The van der Waals surface area contributed by atoms with E-state index >= 15 is 0 Å². The molecule has 0 aliphatic carbocycles. The Morgan fingerprint density at radius 3 is 1.93 bits per heavy atom. The molecule has 0 atom stereocenters. The van der Waals surface area contributed by atoms with Crippen molar-refractivity contribution in [1.29, 1.82) is 0 Å². The summed E-state index contributed by atoms with van der Waals surface area (Å²) in [6.45, 7) is 0. The maximum Gasteiger partial charge on any atom is 0.143 e. The van der Waals surface area contributed by atoms with Gasteiger partial charge >= 0.3 is 0 Å². The normalized spacial score (nSPS) is 11.4. The number of aromatic nitrogens is 1. The fraction of sp³-hybridized carbons (Fsp3) is 0. The Morgan fingerprint density at radius 2 is 1.15 bits per heavy atom. The highest BCUT2D eigenvalue weighted by Gasteiger charge is 2.15. The average molecular weight is 545 g/mol. The molecule has 6 aromatic carbocycles. The number of hydrogen-bond donors (Lipinski definition) is 0. The van der Waals surface area contributed by atoms with Crippen molar-refractivity contribution < 1.29 is 4.42 Å². The van der Waals surface area contributed by atoms with E-state index in [1.54, 1.807) is 11.3 Å². The van der Waals surface area contributed by atoms with Gasteiger partial charge in [0.1, 0.15) is 16.2 Å². The van der Waals surface area contributed by atoms with Crippen molar-refractivity contribution in [2.75, 3.05) is 4.90 Å². The monoisotopic (exact) mass is 544 g/mol. The van der Waals surface area contributed by atoms with Crippen LogP contribution in [0, 0.1) is 0 Å². The van der Waals surface area contributed by atoms with Gasteiger partial charge in [-0.2, -0.15) is 0 Å². The molecule has 8 rings (SSSR count). The number of fused-ring (bicyclic) bond motifs is 4. The van der Waals surface area contributed by atoms with Gasteiger partial charge in [0.15, 0.2) is 0 Å². The van der Waals surface area contributed by atoms with Crippen molar-refractivity contribution in [3.05, 3.63) is 146 Å². The zero-order chi connectivity index (χ0) is 27.2. The maximum atomic E-state index is 6.31. The first-order chi connectivity index (χ1) is 20.3. The first kappa shape index (κ1) is 23.7. The predicted octanol–water partition coefficient (Wildman–Crippen LogP) is 11.0. The van der Waals surface area contributed by atoms with Crippen LogP contribution in [-0.2, 0) is 0 Å². The zero-order valence-electron chi connectivity index (χ0n) is 22.1. The number of anilines is 3. The molecule has 0 amide bonds. The fourth-order valence-electron chi connectivity index (χ4n) is 5.54. The number of thiazole rings is 1. The molecule has 2 aromatic heterocycles. The predicted molar refractivity (Wildman–Crippen MR) is 172 cm³/mol. The molecule has 3 nitrogen and oxygen atoms in total. The molecule has 0 N–H and O–H groups in total. The second kappa shape index (κ2) is 9.77. The Bertz CT molecular complexity index is 2110. The molecule has 0 spiro atoms. The van der Waals surface area contributed by atoms with Crippen LogP contribution in [0.5, 0.6) is 0 Å². The molecule has 4 heteroatoms. The van der Waals surface area contributed by atoms with Gasteiger partial charge in [-0.05, 0) is 72.3 Å². The van der Waals surface area contributed by atoms with E-state index in [9.17, 15) is 0 Å². The second-order valence-corrected chi connectivity index (χ2v) is 11.1. The lowest BCUT2D eigenvalue weighted by Gasteiger charge is -2.25. The first-order valence-corrected chi connectivity index (χ1v) is 14.5. The third-order valence-corrected chi connectivity index (χ3v) is 8.61. The third kappa shape index (κ3) is 4.17. The van der Waals surface area contributed by atoms with Crippen LogP contribution < -0.4 is 4.90 Å². The molecule has 0 aliphatic rings. The van der Waals surface area contributed by atoms with Crippen LogP contribution in [0.15, 0.2) is 150 Å². The van der Waals surface area contributed by atoms with Crippen LogP contribution in [0.25, 0.3) is 53.9 Å². The summed E-state index contributed by atoms with van der Waals surface area (Å²) in [6.07, 6.45) is 0. The van der Waals surface area contributed by atoms with Crippen molar-refractivity contribution in [2.45, 2.75) is 0 Å². The molecule has 2 heterocycles. The van der Waals surface area contributed by atoms with Gasteiger partial charge in [0.25, 0.3) is 0 Å². The van der Waals surface area contributed by atoms with E-state index in [1.165, 1.54) is 4.70 Å². The van der Waals surface area contributed by atoms with Gasteiger partial charge in [0.05, 0.1) is 10.2 Å². The Hall–Kier alpha value is -5.19. The average Bonchev–Trinajstić information content (AvgIpc) is 3.64. The Kier molecular flexibility index (Phi) is 5.64. The zero-order valence-corrected chi connectivity index (χ0v) is 22.9. The van der Waals surface area contributed by atoms with Crippen LogP contribution in [0.2, 0.25) is 0 Å². The molecular weight excluding hydrogens is 520 g/mol. The summed E-state index contributed by atoms with van der Waals surface area (Å²) < 4.78 is 7.51. The molecule has 0 saturated heterocycles. The van der Waals surface area contributed by atoms with Gasteiger partial charge < -0.3 is 9.32 Å². The smallest absolute Gasteiger partial charge is 0.143 e. The maximum absolute atomic E-state index is 6.31. The molecule has 0 radical (unpaired) electrons. The summed E-state index contributed by atoms with van der Waals surface area (Å²) in [5.41, 5.74) is 9.50. The highest BCUT2D eigenvalue weighted by molar-refractivity contribution is 7.21. The highest BCUT2D eigenvalue weighted by atomic mass is 32.1. The summed E-state index contributed by atoms with van der Waals surface area (Å²) in [6, 6.07) is 50.8. The number of benzene rings is 6. The van der Waals surface area contributed by atoms with E-state index in [4.69, 9.17) is 9.40 Å². The molecular formula is C37H24N2OS. The first-order valence-electron chi connectivity index (χ1n) is 13.6. The highest BCUT2D eigenvalue weighted by Crippen LogP contribution is 2.39. The topological polar surface area (TPSA) is 29.3 Å². The molecule has 0 fully saturated rings. The van der Waals surface area contributed by atoms with Crippen LogP contribution in [-0.4, -0.2) is 4.98 Å². The number of hydrogen-bond acceptors (Lipinski definition) is 4. The summed E-state index contributed by atoms with van der Waals surface area (Å²) in [5, 5.41) is 3.32. The van der Waals surface area contributed by atoms with Gasteiger partial charge in [-0.15, -0.1) is 11.3 Å². The van der Waals surface area contributed by atoms with Crippen molar-refractivity contribution in [2.24, 2.45) is 0 Å². The molecule has 0 bridgehead atoms. The van der Waals surface area contributed by atoms with E-state index in [0.29, 0.717) is 0 Å². The SMILES string of the molecule is c1ccc(N(c2ccc(-c3nc4ccccc4s3)cc2)c2ccc(-c3cccc4c3oc3ccccc34)cc2)cc1. The molecule has 0 unspecified atom stereocenters. The Balaban J connectivity index is 1.18. The quantitative estimate of drug-likeness (QED) is 0.216. The standard InChI is InChI=1S/C37H24N2OS/c1-2-9-27(10-3-1)39(29-23-19-26(20-24-29)37-38-33-14-5-7-16-35(33)41-37)28-21-17-25(18-22-28)30-12-8-13-32-31-11-4-6-15-34(31)40-36(30)32/h1-24H. The van der Waals surface area contributed by atoms with Crippen LogP contribution in [0.4, 0.5) is 17.1 Å². The molecule has 194 valence electrons. The largest absolute Gasteiger partial charge is 0.455 e. The lowest BCUT2D eigenvalue weighted by Crippen LogP contribution is -2.09. The van der Waals surface area contributed by atoms with E-state index in [0.717, 1.165) is 66.2 Å². The lowest BCUT2D eigenvalue weighted by molar-refractivity contribution is 0.670. The van der Waals surface area contributed by atoms with Gasteiger partial charge in [-0.3, -0.25) is 0 Å². The fourth-order valence-corrected chi connectivity index (χ4v) is 6.51. The van der Waals surface area contributed by atoms with Crippen LogP contribution >= 0.6 is 11.3 Å². The Morgan fingerprint density at radius 1 is 0.512 bits per heavy atom. The minimum Gasteiger partial charge on any atom is -0.455 e. The van der Waals surface area contributed by atoms with Crippen molar-refractivity contribution in [1.82, 2.24) is 4.98 Å². The molecule has 0 saturated carbocycles. The molecule has 41 heavy (non-hydrogen) atoms. The molecule has 0 aliphatic heterocycles. The number of rotatable bonds is 5. The van der Waals surface area contributed by atoms with E-state index in [1.807, 2.05) is 18.2 Å². The summed E-state index contributed by atoms with van der Waals surface area (Å²) in [7, 11) is 0. The van der Waals surface area contributed by atoms with Gasteiger partial charge in [0.2, 0.25) is 0 Å². The summed E-state index contributed by atoms with van der Waals surface area (Å²) in [4.78, 5) is 7.13. The van der Waals surface area contributed by atoms with E-state index < -0.39 is 0 Å². The van der Waals surface area contributed by atoms with Gasteiger partial charge in [-0.25, -0.2) is 4.98 Å². The summed E-state index contributed by atoms with van der Waals surface area (Å²) >= 11 is 1.73. The number of nitrogens with zero attached hydrogens (tertiary/aromatic N) is 2. The van der Waals surface area contributed by atoms with Crippen molar-refractivity contribution >= 4 is 60.6 Å². The second-order valence-electron chi connectivity index (χ2n) is 10.0. The number of para-hydroxylation sites is 4. The van der Waals surface area contributed by atoms with E-state index in [-0.39, 0.29) is 0 Å². The minimum absolute atomic E-state index is 0.913. The van der Waals surface area contributed by atoms with Crippen LogP contribution in [0.1, 0.15) is 0 Å².